The summed E-state index contributed by atoms with van der Waals surface area (Å²) in [5, 5.41) is 4.32. The third-order valence-corrected chi connectivity index (χ3v) is 2.65. The van der Waals surface area contributed by atoms with E-state index >= 15 is 0 Å². The Labute approximate surface area is 93.7 Å². The normalized spacial score (nSPS) is 10.7. The number of nitrogens with two attached hydrogens (primary N) is 1. The largest absolute Gasteiger partial charge is 0.384 e. The first kappa shape index (κ1) is 10.7. The van der Waals surface area contributed by atoms with Crippen molar-refractivity contribution in [1.29, 1.82) is 0 Å². The molecule has 0 aliphatic carbocycles. The van der Waals surface area contributed by atoms with Crippen LogP contribution in [0.15, 0.2) is 24.3 Å². The Morgan fingerprint density at radius 3 is 2.81 bits per heavy atom. The Bertz CT molecular complexity index is 517. The minimum atomic E-state index is -0.260. The summed E-state index contributed by atoms with van der Waals surface area (Å²) in [4.78, 5) is 0. The lowest BCUT2D eigenvalue weighted by Crippen LogP contribution is -1.98. The van der Waals surface area contributed by atoms with Gasteiger partial charge in [-0.2, -0.15) is 5.10 Å². The number of rotatable bonds is 2. The van der Waals surface area contributed by atoms with Crippen molar-refractivity contribution in [3.8, 4) is 11.3 Å². The predicted octanol–water partition coefficient (Wildman–Crippen LogP) is 2.37. The van der Waals surface area contributed by atoms with Crippen molar-refractivity contribution in [2.24, 2.45) is 7.05 Å². The SMILES string of the molecule is CCc1c(-c2cccc(F)c2)nn(C)c1N. The highest BCUT2D eigenvalue weighted by molar-refractivity contribution is 5.68. The molecule has 2 aromatic rings. The number of nitrogens with zero attached hydrogens (tertiary/aromatic N) is 2. The second-order valence-electron chi connectivity index (χ2n) is 3.70. The number of hydrogen-bond acceptors (Lipinski definition) is 2. The molecule has 0 aliphatic heterocycles. The van der Waals surface area contributed by atoms with Crippen LogP contribution in [0.1, 0.15) is 12.5 Å². The average Bonchev–Trinajstić information content (AvgIpc) is 2.55. The van der Waals surface area contributed by atoms with E-state index in [1.54, 1.807) is 17.8 Å². The van der Waals surface area contributed by atoms with Crippen LogP contribution in [0.5, 0.6) is 0 Å². The summed E-state index contributed by atoms with van der Waals surface area (Å²) in [7, 11) is 1.79. The van der Waals surface area contributed by atoms with E-state index in [2.05, 4.69) is 5.10 Å². The maximum atomic E-state index is 13.1. The lowest BCUT2D eigenvalue weighted by atomic mass is 10.1. The molecule has 2 N–H and O–H groups in total. The van der Waals surface area contributed by atoms with Crippen LogP contribution in [0, 0.1) is 5.82 Å². The van der Waals surface area contributed by atoms with Crippen LogP contribution < -0.4 is 5.73 Å². The molecule has 1 aromatic carbocycles. The lowest BCUT2D eigenvalue weighted by molar-refractivity contribution is 0.628. The van der Waals surface area contributed by atoms with Gasteiger partial charge in [0, 0.05) is 18.2 Å². The molecule has 0 amide bonds. The molecule has 0 atom stereocenters. The van der Waals surface area contributed by atoms with Gasteiger partial charge in [-0.05, 0) is 18.6 Å². The topological polar surface area (TPSA) is 43.8 Å². The van der Waals surface area contributed by atoms with Crippen molar-refractivity contribution < 1.29 is 4.39 Å². The van der Waals surface area contributed by atoms with Crippen molar-refractivity contribution in [3.63, 3.8) is 0 Å². The maximum Gasteiger partial charge on any atom is 0.125 e. The summed E-state index contributed by atoms with van der Waals surface area (Å²) >= 11 is 0. The van der Waals surface area contributed by atoms with E-state index in [-0.39, 0.29) is 5.82 Å². The number of benzene rings is 1. The van der Waals surface area contributed by atoms with Gasteiger partial charge < -0.3 is 5.73 Å². The fourth-order valence-electron chi connectivity index (χ4n) is 1.80. The molecule has 16 heavy (non-hydrogen) atoms. The minimum Gasteiger partial charge on any atom is -0.384 e. The molecule has 0 saturated carbocycles. The van der Waals surface area contributed by atoms with E-state index in [1.807, 2.05) is 13.0 Å². The van der Waals surface area contributed by atoms with E-state index in [9.17, 15) is 4.39 Å². The fraction of sp³-hybridized carbons (Fsp3) is 0.250. The zero-order valence-corrected chi connectivity index (χ0v) is 9.37. The highest BCUT2D eigenvalue weighted by Crippen LogP contribution is 2.27. The van der Waals surface area contributed by atoms with Crippen LogP contribution in [0.2, 0.25) is 0 Å². The van der Waals surface area contributed by atoms with Crippen LogP contribution in [0.4, 0.5) is 10.2 Å². The molecule has 0 radical (unpaired) electrons. The Morgan fingerprint density at radius 2 is 2.19 bits per heavy atom. The van der Waals surface area contributed by atoms with Gasteiger partial charge >= 0.3 is 0 Å². The monoisotopic (exact) mass is 219 g/mol. The molecule has 0 saturated heterocycles. The fourth-order valence-corrected chi connectivity index (χ4v) is 1.80. The van der Waals surface area contributed by atoms with Crippen molar-refractivity contribution >= 4 is 5.82 Å². The van der Waals surface area contributed by atoms with E-state index in [0.717, 1.165) is 23.2 Å². The Hall–Kier alpha value is -1.84. The Balaban J connectivity index is 2.60. The summed E-state index contributed by atoms with van der Waals surface area (Å²) in [6, 6.07) is 6.40. The van der Waals surface area contributed by atoms with Gasteiger partial charge in [0.25, 0.3) is 0 Å². The number of hydrogen-bond donors (Lipinski definition) is 1. The molecular formula is C12H14FN3. The molecule has 84 valence electrons. The van der Waals surface area contributed by atoms with Gasteiger partial charge in [0.15, 0.2) is 0 Å². The molecular weight excluding hydrogens is 205 g/mol. The number of anilines is 1. The summed E-state index contributed by atoms with van der Waals surface area (Å²) in [5.41, 5.74) is 8.40. The number of aryl methyl sites for hydroxylation is 1. The standard InChI is InChI=1S/C12H14FN3/c1-3-10-11(15-16(2)12(10)14)8-5-4-6-9(13)7-8/h4-7H,3,14H2,1-2H3. The van der Waals surface area contributed by atoms with E-state index in [1.165, 1.54) is 12.1 Å². The van der Waals surface area contributed by atoms with Crippen LogP contribution in [0.25, 0.3) is 11.3 Å². The number of nitrogen functional groups attached to an aromatic ring is 1. The van der Waals surface area contributed by atoms with Gasteiger partial charge in [-0.3, -0.25) is 4.68 Å². The number of aromatic nitrogens is 2. The number of halogens is 1. The third kappa shape index (κ3) is 1.66. The molecule has 3 nitrogen and oxygen atoms in total. The van der Waals surface area contributed by atoms with E-state index in [0.29, 0.717) is 5.82 Å². The molecule has 0 spiro atoms. The summed E-state index contributed by atoms with van der Waals surface area (Å²) in [5.74, 6) is 0.380. The van der Waals surface area contributed by atoms with Crippen molar-refractivity contribution in [3.05, 3.63) is 35.6 Å². The maximum absolute atomic E-state index is 13.1. The van der Waals surface area contributed by atoms with Crippen LogP contribution in [-0.4, -0.2) is 9.78 Å². The molecule has 0 bridgehead atoms. The first-order valence-electron chi connectivity index (χ1n) is 5.20. The predicted molar refractivity (Wildman–Crippen MR) is 62.4 cm³/mol. The molecule has 4 heteroatoms. The van der Waals surface area contributed by atoms with Gasteiger partial charge in [-0.25, -0.2) is 4.39 Å². The quantitative estimate of drug-likeness (QED) is 0.842. The molecule has 1 heterocycles. The highest BCUT2D eigenvalue weighted by Gasteiger charge is 2.13. The summed E-state index contributed by atoms with van der Waals surface area (Å²) < 4.78 is 14.8. The second-order valence-corrected chi connectivity index (χ2v) is 3.70. The summed E-state index contributed by atoms with van der Waals surface area (Å²) in [6.07, 6.45) is 0.783. The highest BCUT2D eigenvalue weighted by atomic mass is 19.1. The molecule has 0 aliphatic rings. The zero-order chi connectivity index (χ0) is 11.7. The lowest BCUT2D eigenvalue weighted by Gasteiger charge is -2.00. The Kier molecular flexibility index (Phi) is 2.64. The summed E-state index contributed by atoms with van der Waals surface area (Å²) in [6.45, 7) is 2.01. The van der Waals surface area contributed by atoms with Crippen LogP contribution in [0.3, 0.4) is 0 Å². The molecule has 0 unspecified atom stereocenters. The van der Waals surface area contributed by atoms with Gasteiger partial charge in [0.2, 0.25) is 0 Å². The van der Waals surface area contributed by atoms with Crippen molar-refractivity contribution in [1.82, 2.24) is 9.78 Å². The van der Waals surface area contributed by atoms with Gasteiger partial charge in [0.1, 0.15) is 11.6 Å². The smallest absolute Gasteiger partial charge is 0.125 e. The first-order chi connectivity index (χ1) is 7.63. The molecule has 0 fully saturated rings. The van der Waals surface area contributed by atoms with E-state index in [4.69, 9.17) is 5.73 Å². The average molecular weight is 219 g/mol. The zero-order valence-electron chi connectivity index (χ0n) is 9.37. The third-order valence-electron chi connectivity index (χ3n) is 2.65. The first-order valence-corrected chi connectivity index (χ1v) is 5.20. The van der Waals surface area contributed by atoms with Crippen LogP contribution >= 0.6 is 0 Å². The minimum absolute atomic E-state index is 0.260. The van der Waals surface area contributed by atoms with Crippen molar-refractivity contribution in [2.45, 2.75) is 13.3 Å². The Morgan fingerprint density at radius 1 is 1.44 bits per heavy atom. The second kappa shape index (κ2) is 3.96. The van der Waals surface area contributed by atoms with Gasteiger partial charge in [-0.1, -0.05) is 19.1 Å². The molecule has 2 rings (SSSR count). The van der Waals surface area contributed by atoms with Crippen LogP contribution in [-0.2, 0) is 13.5 Å². The van der Waals surface area contributed by atoms with Gasteiger partial charge in [0.05, 0.1) is 5.69 Å². The molecule has 1 aromatic heterocycles. The van der Waals surface area contributed by atoms with Gasteiger partial charge in [-0.15, -0.1) is 0 Å². The van der Waals surface area contributed by atoms with E-state index < -0.39 is 0 Å². The van der Waals surface area contributed by atoms with Crippen molar-refractivity contribution in [2.75, 3.05) is 5.73 Å².